The highest BCUT2D eigenvalue weighted by molar-refractivity contribution is 14.1. The number of rotatable bonds is 3. The molecule has 0 aliphatic rings. The number of hydrogen-bond acceptors (Lipinski definition) is 3. The highest BCUT2D eigenvalue weighted by Crippen LogP contribution is 2.12. The van der Waals surface area contributed by atoms with Gasteiger partial charge in [0.2, 0.25) is 0 Å². The molecule has 0 radical (unpaired) electrons. The van der Waals surface area contributed by atoms with Crippen molar-refractivity contribution in [2.75, 3.05) is 11.9 Å². The highest BCUT2D eigenvalue weighted by atomic mass is 127. The van der Waals surface area contributed by atoms with E-state index in [1.54, 1.807) is 6.07 Å². The van der Waals surface area contributed by atoms with Crippen LogP contribution < -0.4 is 5.32 Å². The zero-order chi connectivity index (χ0) is 13.1. The molecule has 0 aliphatic heterocycles. The first kappa shape index (κ1) is 14.4. The van der Waals surface area contributed by atoms with Gasteiger partial charge in [0.05, 0.1) is 11.3 Å². The number of halogens is 1. The van der Waals surface area contributed by atoms with E-state index < -0.39 is 0 Å². The number of aromatic nitrogens is 1. The first-order valence-corrected chi connectivity index (χ1v) is 6.43. The molecule has 0 atom stereocenters. The van der Waals surface area contributed by atoms with Crippen LogP contribution in [0.15, 0.2) is 12.1 Å². The number of nitrogens with one attached hydrogen (secondary N) is 1. The Morgan fingerprint density at radius 1 is 1.47 bits per heavy atom. The van der Waals surface area contributed by atoms with Gasteiger partial charge >= 0.3 is 0 Å². The average Bonchev–Trinajstić information content (AvgIpc) is 2.20. The van der Waals surface area contributed by atoms with Gasteiger partial charge in [0.15, 0.2) is 0 Å². The lowest BCUT2D eigenvalue weighted by atomic mass is 10.2. The number of carbonyl (C=O) groups excluding carboxylic acids is 1. The molecule has 0 aromatic carbocycles. The molecule has 0 aliphatic carbocycles. The van der Waals surface area contributed by atoms with Gasteiger partial charge in [-0.15, -0.1) is 0 Å². The molecule has 4 nitrogen and oxygen atoms in total. The SMILES string of the molecule is Cc1nc(NC(=O)COC(C)(C)C)ccc1I. The van der Waals surface area contributed by atoms with Gasteiger partial charge in [-0.2, -0.15) is 0 Å². The molecule has 5 heteroatoms. The van der Waals surface area contributed by atoms with Gasteiger partial charge in [0, 0.05) is 3.57 Å². The van der Waals surface area contributed by atoms with E-state index >= 15 is 0 Å². The minimum Gasteiger partial charge on any atom is -0.366 e. The molecule has 94 valence electrons. The number of anilines is 1. The fourth-order valence-electron chi connectivity index (χ4n) is 1.07. The summed E-state index contributed by atoms with van der Waals surface area (Å²) < 4.78 is 6.45. The molecule has 0 fully saturated rings. The molecule has 1 N–H and O–H groups in total. The number of nitrogens with zero attached hydrogens (tertiary/aromatic N) is 1. The number of amides is 1. The molecule has 1 rings (SSSR count). The second kappa shape index (κ2) is 5.77. The summed E-state index contributed by atoms with van der Waals surface area (Å²) in [4.78, 5) is 15.8. The lowest BCUT2D eigenvalue weighted by molar-refractivity contribution is -0.125. The summed E-state index contributed by atoms with van der Waals surface area (Å²) in [6.45, 7) is 7.67. The van der Waals surface area contributed by atoms with E-state index in [4.69, 9.17) is 4.74 Å². The van der Waals surface area contributed by atoms with Crippen LogP contribution in [0.4, 0.5) is 5.82 Å². The lowest BCUT2D eigenvalue weighted by Gasteiger charge is -2.18. The topological polar surface area (TPSA) is 51.2 Å². The molecule has 1 aromatic rings. The Morgan fingerprint density at radius 2 is 2.12 bits per heavy atom. The summed E-state index contributed by atoms with van der Waals surface area (Å²) in [5.41, 5.74) is 0.590. The number of ether oxygens (including phenoxy) is 1. The Labute approximate surface area is 115 Å². The summed E-state index contributed by atoms with van der Waals surface area (Å²) >= 11 is 2.20. The number of pyridine rings is 1. The van der Waals surface area contributed by atoms with Crippen LogP contribution in [-0.2, 0) is 9.53 Å². The van der Waals surface area contributed by atoms with E-state index in [1.807, 2.05) is 33.8 Å². The highest BCUT2D eigenvalue weighted by Gasteiger charge is 2.13. The van der Waals surface area contributed by atoms with Crippen molar-refractivity contribution < 1.29 is 9.53 Å². The Hall–Kier alpha value is -0.690. The van der Waals surface area contributed by atoms with Crippen molar-refractivity contribution in [3.8, 4) is 0 Å². The molecule has 1 amide bonds. The fraction of sp³-hybridized carbons (Fsp3) is 0.500. The summed E-state index contributed by atoms with van der Waals surface area (Å²) in [6, 6.07) is 3.70. The van der Waals surface area contributed by atoms with E-state index in [-0.39, 0.29) is 18.1 Å². The zero-order valence-electron chi connectivity index (χ0n) is 10.5. The zero-order valence-corrected chi connectivity index (χ0v) is 12.7. The van der Waals surface area contributed by atoms with Gasteiger partial charge in [-0.05, 0) is 62.4 Å². The normalized spacial score (nSPS) is 11.4. The molecule has 1 aromatic heterocycles. The lowest BCUT2D eigenvalue weighted by Crippen LogP contribution is -2.27. The molecular weight excluding hydrogens is 331 g/mol. The second-order valence-electron chi connectivity index (χ2n) is 4.71. The Morgan fingerprint density at radius 3 is 2.65 bits per heavy atom. The molecular formula is C12H17IN2O2. The van der Waals surface area contributed by atoms with Crippen LogP contribution in [0.2, 0.25) is 0 Å². The van der Waals surface area contributed by atoms with Crippen LogP contribution >= 0.6 is 22.6 Å². The molecule has 17 heavy (non-hydrogen) atoms. The molecule has 0 saturated heterocycles. The Kier molecular flexibility index (Phi) is 4.88. The van der Waals surface area contributed by atoms with Gasteiger partial charge < -0.3 is 10.1 Å². The van der Waals surface area contributed by atoms with Crippen LogP contribution in [0.3, 0.4) is 0 Å². The Bertz CT molecular complexity index is 413. The predicted octanol–water partition coefficient (Wildman–Crippen LogP) is 2.75. The van der Waals surface area contributed by atoms with Gasteiger partial charge in [0.1, 0.15) is 12.4 Å². The van der Waals surface area contributed by atoms with Crippen LogP contribution in [0.1, 0.15) is 26.5 Å². The quantitative estimate of drug-likeness (QED) is 0.855. The maximum absolute atomic E-state index is 11.6. The van der Waals surface area contributed by atoms with E-state index in [9.17, 15) is 4.79 Å². The van der Waals surface area contributed by atoms with Gasteiger partial charge in [-0.1, -0.05) is 0 Å². The second-order valence-corrected chi connectivity index (χ2v) is 5.88. The third-order valence-corrected chi connectivity index (χ3v) is 3.07. The fourth-order valence-corrected chi connectivity index (χ4v) is 1.38. The first-order valence-electron chi connectivity index (χ1n) is 5.35. The Balaban J connectivity index is 2.54. The predicted molar refractivity (Wildman–Crippen MR) is 76.0 cm³/mol. The summed E-state index contributed by atoms with van der Waals surface area (Å²) in [5.74, 6) is 0.374. The van der Waals surface area contributed by atoms with E-state index in [2.05, 4.69) is 32.9 Å². The summed E-state index contributed by atoms with van der Waals surface area (Å²) in [7, 11) is 0. The van der Waals surface area contributed by atoms with E-state index in [0.717, 1.165) is 9.26 Å². The van der Waals surface area contributed by atoms with Crippen molar-refractivity contribution in [1.29, 1.82) is 0 Å². The van der Waals surface area contributed by atoms with Gasteiger partial charge in [-0.3, -0.25) is 4.79 Å². The van der Waals surface area contributed by atoms with Gasteiger partial charge in [-0.25, -0.2) is 4.98 Å². The third-order valence-electron chi connectivity index (χ3n) is 1.93. The van der Waals surface area contributed by atoms with Crippen molar-refractivity contribution in [3.63, 3.8) is 0 Å². The van der Waals surface area contributed by atoms with E-state index in [1.165, 1.54) is 0 Å². The molecule has 0 saturated carbocycles. The minimum atomic E-state index is -0.313. The number of aryl methyl sites for hydroxylation is 1. The van der Waals surface area contributed by atoms with Crippen LogP contribution in [0, 0.1) is 10.5 Å². The largest absolute Gasteiger partial charge is 0.366 e. The molecule has 0 unspecified atom stereocenters. The van der Waals surface area contributed by atoms with Crippen LogP contribution in [0.5, 0.6) is 0 Å². The average molecular weight is 348 g/mol. The van der Waals surface area contributed by atoms with Crippen LogP contribution in [-0.4, -0.2) is 23.1 Å². The van der Waals surface area contributed by atoms with Crippen molar-refractivity contribution in [2.24, 2.45) is 0 Å². The first-order chi connectivity index (χ1) is 7.78. The van der Waals surface area contributed by atoms with E-state index in [0.29, 0.717) is 5.82 Å². The standard InChI is InChI=1S/C12H17IN2O2/c1-8-9(13)5-6-10(14-8)15-11(16)7-17-12(2,3)4/h5-6H,7H2,1-4H3,(H,14,15,16). The molecule has 0 spiro atoms. The summed E-state index contributed by atoms with van der Waals surface area (Å²) in [5, 5.41) is 2.70. The van der Waals surface area contributed by atoms with Crippen molar-refractivity contribution in [2.45, 2.75) is 33.3 Å². The number of hydrogen-bond donors (Lipinski definition) is 1. The summed E-state index contributed by atoms with van der Waals surface area (Å²) in [6.07, 6.45) is 0. The molecule has 1 heterocycles. The monoisotopic (exact) mass is 348 g/mol. The molecule has 0 bridgehead atoms. The van der Waals surface area contributed by atoms with Gasteiger partial charge in [0.25, 0.3) is 5.91 Å². The van der Waals surface area contributed by atoms with Crippen molar-refractivity contribution in [1.82, 2.24) is 4.98 Å². The van der Waals surface area contributed by atoms with Crippen LogP contribution in [0.25, 0.3) is 0 Å². The third kappa shape index (κ3) is 5.45. The maximum Gasteiger partial charge on any atom is 0.251 e. The maximum atomic E-state index is 11.6. The smallest absolute Gasteiger partial charge is 0.251 e. The van der Waals surface area contributed by atoms with Crippen molar-refractivity contribution >= 4 is 34.3 Å². The van der Waals surface area contributed by atoms with Crippen molar-refractivity contribution in [3.05, 3.63) is 21.4 Å². The minimum absolute atomic E-state index is 0.0379. The number of carbonyl (C=O) groups is 1.